The minimum Gasteiger partial charge on any atom is -0.335 e. The first-order chi connectivity index (χ1) is 7.93. The third-order valence-electron chi connectivity index (χ3n) is 2.84. The molecule has 0 saturated carbocycles. The van der Waals surface area contributed by atoms with Gasteiger partial charge < -0.3 is 10.6 Å². The van der Waals surface area contributed by atoms with Crippen molar-refractivity contribution in [2.24, 2.45) is 11.7 Å². The van der Waals surface area contributed by atoms with Crippen LogP contribution >= 0.6 is 11.3 Å². The van der Waals surface area contributed by atoms with Crippen molar-refractivity contribution in [3.63, 3.8) is 0 Å². The van der Waals surface area contributed by atoms with E-state index < -0.39 is 6.04 Å². The van der Waals surface area contributed by atoms with E-state index in [4.69, 9.17) is 5.73 Å². The summed E-state index contributed by atoms with van der Waals surface area (Å²) < 4.78 is 0. The van der Waals surface area contributed by atoms with Crippen LogP contribution in [-0.4, -0.2) is 22.9 Å². The number of amides is 1. The number of hydrogen-bond acceptors (Lipinski definition) is 3. The molecular formula is C13H22N2OS. The van der Waals surface area contributed by atoms with Crippen LogP contribution in [0.5, 0.6) is 0 Å². The summed E-state index contributed by atoms with van der Waals surface area (Å²) >= 11 is 1.65. The van der Waals surface area contributed by atoms with Crippen LogP contribution in [0.4, 0.5) is 0 Å². The summed E-state index contributed by atoms with van der Waals surface area (Å²) in [6.07, 6.45) is 0. The maximum absolute atomic E-state index is 12.3. The Morgan fingerprint density at radius 1 is 1.41 bits per heavy atom. The Morgan fingerprint density at radius 3 is 2.47 bits per heavy atom. The number of rotatable bonds is 5. The molecule has 0 fully saturated rings. The highest BCUT2D eigenvalue weighted by Crippen LogP contribution is 2.14. The SMILES string of the molecule is CC(C)[C@H](N)C(=O)N(Cc1ccsc1)C(C)C. The molecule has 1 rings (SSSR count). The van der Waals surface area contributed by atoms with E-state index in [1.54, 1.807) is 11.3 Å². The highest BCUT2D eigenvalue weighted by molar-refractivity contribution is 7.07. The van der Waals surface area contributed by atoms with Crippen molar-refractivity contribution in [3.8, 4) is 0 Å². The van der Waals surface area contributed by atoms with E-state index in [0.29, 0.717) is 6.54 Å². The van der Waals surface area contributed by atoms with E-state index in [9.17, 15) is 4.79 Å². The zero-order chi connectivity index (χ0) is 13.0. The highest BCUT2D eigenvalue weighted by Gasteiger charge is 2.25. The van der Waals surface area contributed by atoms with Gasteiger partial charge in [-0.15, -0.1) is 0 Å². The van der Waals surface area contributed by atoms with Crippen molar-refractivity contribution in [1.82, 2.24) is 4.90 Å². The standard InChI is InChI=1S/C13H22N2OS/c1-9(2)12(14)13(16)15(10(3)4)7-11-5-6-17-8-11/h5-6,8-10,12H,7,14H2,1-4H3/t12-/m0/s1. The quantitative estimate of drug-likeness (QED) is 0.877. The summed E-state index contributed by atoms with van der Waals surface area (Å²) in [6, 6.07) is 1.82. The van der Waals surface area contributed by atoms with Crippen LogP contribution in [0.2, 0.25) is 0 Å². The van der Waals surface area contributed by atoms with Crippen molar-refractivity contribution < 1.29 is 4.79 Å². The summed E-state index contributed by atoms with van der Waals surface area (Å²) in [5, 5.41) is 4.10. The third kappa shape index (κ3) is 3.82. The van der Waals surface area contributed by atoms with Crippen molar-refractivity contribution in [2.45, 2.75) is 46.3 Å². The van der Waals surface area contributed by atoms with Gasteiger partial charge in [0, 0.05) is 12.6 Å². The molecule has 2 N–H and O–H groups in total. The van der Waals surface area contributed by atoms with Gasteiger partial charge in [0.2, 0.25) is 5.91 Å². The number of thiophene rings is 1. The molecule has 17 heavy (non-hydrogen) atoms. The largest absolute Gasteiger partial charge is 0.335 e. The maximum Gasteiger partial charge on any atom is 0.240 e. The van der Waals surface area contributed by atoms with E-state index in [0.717, 1.165) is 0 Å². The average molecular weight is 254 g/mol. The molecule has 1 atom stereocenters. The lowest BCUT2D eigenvalue weighted by molar-refractivity contribution is -0.136. The van der Waals surface area contributed by atoms with Crippen molar-refractivity contribution in [2.75, 3.05) is 0 Å². The van der Waals surface area contributed by atoms with Gasteiger partial charge in [-0.05, 0) is 42.2 Å². The Kier molecular flexibility index (Phi) is 5.15. The zero-order valence-electron chi connectivity index (χ0n) is 11.0. The summed E-state index contributed by atoms with van der Waals surface area (Å²) in [5.41, 5.74) is 7.11. The minimum absolute atomic E-state index is 0.0428. The zero-order valence-corrected chi connectivity index (χ0v) is 11.8. The van der Waals surface area contributed by atoms with E-state index in [1.165, 1.54) is 5.56 Å². The second-order valence-electron chi connectivity index (χ2n) is 4.96. The lowest BCUT2D eigenvalue weighted by Crippen LogP contribution is -2.48. The highest BCUT2D eigenvalue weighted by atomic mass is 32.1. The molecule has 1 aromatic heterocycles. The number of carbonyl (C=O) groups excluding carboxylic acids is 1. The summed E-state index contributed by atoms with van der Waals surface area (Å²) in [5.74, 6) is 0.215. The summed E-state index contributed by atoms with van der Waals surface area (Å²) in [7, 11) is 0. The van der Waals surface area contributed by atoms with Gasteiger partial charge in [0.15, 0.2) is 0 Å². The predicted octanol–water partition coefficient (Wildman–Crippen LogP) is 2.47. The summed E-state index contributed by atoms with van der Waals surface area (Å²) in [6.45, 7) is 8.66. The second-order valence-corrected chi connectivity index (χ2v) is 5.74. The topological polar surface area (TPSA) is 46.3 Å². The van der Waals surface area contributed by atoms with Gasteiger partial charge in [0.05, 0.1) is 6.04 Å². The minimum atomic E-state index is -0.406. The van der Waals surface area contributed by atoms with E-state index in [1.807, 2.05) is 44.0 Å². The molecule has 3 nitrogen and oxygen atoms in total. The molecular weight excluding hydrogens is 232 g/mol. The molecule has 0 bridgehead atoms. The van der Waals surface area contributed by atoms with Crippen LogP contribution in [0.1, 0.15) is 33.3 Å². The molecule has 0 aromatic carbocycles. The smallest absolute Gasteiger partial charge is 0.240 e. The number of nitrogens with zero attached hydrogens (tertiary/aromatic N) is 1. The molecule has 0 aliphatic heterocycles. The molecule has 1 amide bonds. The van der Waals surface area contributed by atoms with Crippen molar-refractivity contribution in [3.05, 3.63) is 22.4 Å². The molecule has 0 spiro atoms. The van der Waals surface area contributed by atoms with Gasteiger partial charge >= 0.3 is 0 Å². The molecule has 0 aliphatic carbocycles. The molecule has 0 unspecified atom stereocenters. The lowest BCUT2D eigenvalue weighted by Gasteiger charge is -2.30. The molecule has 4 heteroatoms. The fourth-order valence-corrected chi connectivity index (χ4v) is 2.23. The van der Waals surface area contributed by atoms with Gasteiger partial charge in [0.1, 0.15) is 0 Å². The van der Waals surface area contributed by atoms with Gasteiger partial charge in [-0.25, -0.2) is 0 Å². The Morgan fingerprint density at radius 2 is 2.06 bits per heavy atom. The Hall–Kier alpha value is -0.870. The Labute approximate surface area is 108 Å². The van der Waals surface area contributed by atoms with Crippen LogP contribution in [0.3, 0.4) is 0 Å². The third-order valence-corrected chi connectivity index (χ3v) is 3.57. The second kappa shape index (κ2) is 6.17. The van der Waals surface area contributed by atoms with Gasteiger partial charge in [0.25, 0.3) is 0 Å². The summed E-state index contributed by atoms with van der Waals surface area (Å²) in [4.78, 5) is 14.1. The van der Waals surface area contributed by atoms with Gasteiger partial charge in [-0.1, -0.05) is 13.8 Å². The van der Waals surface area contributed by atoms with Crippen LogP contribution in [0.25, 0.3) is 0 Å². The molecule has 0 aliphatic rings. The van der Waals surface area contributed by atoms with Crippen LogP contribution in [-0.2, 0) is 11.3 Å². The first kappa shape index (κ1) is 14.2. The number of nitrogens with two attached hydrogens (primary N) is 1. The van der Waals surface area contributed by atoms with Gasteiger partial charge in [-0.3, -0.25) is 4.79 Å². The van der Waals surface area contributed by atoms with Crippen molar-refractivity contribution in [1.29, 1.82) is 0 Å². The van der Waals surface area contributed by atoms with Crippen LogP contribution in [0, 0.1) is 5.92 Å². The lowest BCUT2D eigenvalue weighted by atomic mass is 10.0. The molecule has 1 aromatic rings. The fourth-order valence-electron chi connectivity index (χ4n) is 1.57. The van der Waals surface area contributed by atoms with Crippen LogP contribution < -0.4 is 5.73 Å². The number of hydrogen-bond donors (Lipinski definition) is 1. The Bertz CT molecular complexity index is 346. The van der Waals surface area contributed by atoms with Crippen molar-refractivity contribution >= 4 is 17.2 Å². The van der Waals surface area contributed by atoms with Crippen LogP contribution in [0.15, 0.2) is 16.8 Å². The van der Waals surface area contributed by atoms with Gasteiger partial charge in [-0.2, -0.15) is 11.3 Å². The monoisotopic (exact) mass is 254 g/mol. The molecule has 96 valence electrons. The first-order valence-electron chi connectivity index (χ1n) is 6.00. The normalized spacial score (nSPS) is 13.1. The Balaban J connectivity index is 2.76. The molecule has 0 saturated heterocycles. The number of carbonyl (C=O) groups is 1. The van der Waals surface area contributed by atoms with E-state index in [2.05, 4.69) is 5.38 Å². The maximum atomic E-state index is 12.3. The molecule has 0 radical (unpaired) electrons. The average Bonchev–Trinajstić information content (AvgIpc) is 2.76. The predicted molar refractivity (Wildman–Crippen MR) is 72.8 cm³/mol. The first-order valence-corrected chi connectivity index (χ1v) is 6.95. The van der Waals surface area contributed by atoms with E-state index >= 15 is 0 Å². The van der Waals surface area contributed by atoms with E-state index in [-0.39, 0.29) is 17.9 Å². The fraction of sp³-hybridized carbons (Fsp3) is 0.615. The molecule has 1 heterocycles.